The molecule has 0 N–H and O–H groups in total. The summed E-state index contributed by atoms with van der Waals surface area (Å²) in [5.74, 6) is 1.87. The molecule has 4 heteroatoms. The number of nitrogens with zero attached hydrogens (tertiary/aromatic N) is 4. The summed E-state index contributed by atoms with van der Waals surface area (Å²) in [7, 11) is 0. The molecule has 6 aromatic carbocycles. The third-order valence-corrected chi connectivity index (χ3v) is 9.85. The molecule has 9 rings (SSSR count). The Balaban J connectivity index is 1.16. The first-order valence-electron chi connectivity index (χ1n) is 16.6. The first kappa shape index (κ1) is 28.9. The van der Waals surface area contributed by atoms with E-state index in [0.29, 0.717) is 17.5 Å². The highest BCUT2D eigenvalue weighted by molar-refractivity contribution is 6.06. The molecule has 0 spiro atoms. The van der Waals surface area contributed by atoms with Gasteiger partial charge in [-0.25, -0.2) is 15.0 Å². The smallest absolute Gasteiger partial charge is 0.164 e. The minimum atomic E-state index is -0.0902. The van der Waals surface area contributed by atoms with Gasteiger partial charge in [0.05, 0.1) is 0 Å². The molecule has 0 radical (unpaired) electrons. The van der Waals surface area contributed by atoms with Gasteiger partial charge in [0.25, 0.3) is 0 Å². The summed E-state index contributed by atoms with van der Waals surface area (Å²) in [4.78, 5) is 19.2. The van der Waals surface area contributed by atoms with Crippen molar-refractivity contribution in [3.8, 4) is 67.5 Å². The van der Waals surface area contributed by atoms with Gasteiger partial charge in [-0.15, -0.1) is 0 Å². The maximum atomic E-state index is 5.04. The van der Waals surface area contributed by atoms with E-state index in [9.17, 15) is 0 Å². The Kier molecular flexibility index (Phi) is 6.77. The lowest BCUT2D eigenvalue weighted by Crippen LogP contribution is -2.14. The third kappa shape index (κ3) is 4.92. The number of hydrogen-bond acceptors (Lipinski definition) is 4. The van der Waals surface area contributed by atoms with E-state index in [1.807, 2.05) is 18.2 Å². The molecule has 49 heavy (non-hydrogen) atoms. The highest BCUT2D eigenvalue weighted by atomic mass is 15.0. The normalized spacial score (nSPS) is 12.9. The third-order valence-electron chi connectivity index (χ3n) is 9.85. The van der Waals surface area contributed by atoms with Gasteiger partial charge < -0.3 is 0 Å². The molecule has 0 unspecified atom stereocenters. The highest BCUT2D eigenvalue weighted by Gasteiger charge is 2.37. The maximum Gasteiger partial charge on any atom is 0.164 e. The van der Waals surface area contributed by atoms with Gasteiger partial charge in [0, 0.05) is 34.5 Å². The number of hydrogen-bond donors (Lipinski definition) is 0. The largest absolute Gasteiger partial charge is 0.265 e. The molecular formula is C45H32N4. The van der Waals surface area contributed by atoms with E-state index in [1.165, 1.54) is 38.6 Å². The van der Waals surface area contributed by atoms with E-state index >= 15 is 0 Å². The van der Waals surface area contributed by atoms with Gasteiger partial charge in [0.1, 0.15) is 0 Å². The quantitative estimate of drug-likeness (QED) is 0.190. The molecule has 0 amide bonds. The van der Waals surface area contributed by atoms with E-state index in [1.54, 1.807) is 12.4 Å². The summed E-state index contributed by atoms with van der Waals surface area (Å²) in [6.45, 7) is 4.68. The summed E-state index contributed by atoms with van der Waals surface area (Å²) < 4.78 is 0. The van der Waals surface area contributed by atoms with Crippen LogP contribution < -0.4 is 0 Å². The highest BCUT2D eigenvalue weighted by Crippen LogP contribution is 2.54. The van der Waals surface area contributed by atoms with E-state index in [-0.39, 0.29) is 5.41 Å². The van der Waals surface area contributed by atoms with Crippen LogP contribution in [0.4, 0.5) is 0 Å². The van der Waals surface area contributed by atoms with Gasteiger partial charge in [-0.1, -0.05) is 141 Å². The molecule has 4 nitrogen and oxygen atoms in total. The first-order chi connectivity index (χ1) is 24.0. The zero-order valence-corrected chi connectivity index (χ0v) is 27.3. The van der Waals surface area contributed by atoms with Gasteiger partial charge >= 0.3 is 0 Å². The average molecular weight is 629 g/mol. The number of pyridine rings is 1. The van der Waals surface area contributed by atoms with Crippen LogP contribution in [-0.2, 0) is 5.41 Å². The second-order valence-electron chi connectivity index (χ2n) is 13.1. The van der Waals surface area contributed by atoms with Crippen molar-refractivity contribution in [3.05, 3.63) is 169 Å². The van der Waals surface area contributed by atoms with E-state index < -0.39 is 0 Å². The molecule has 1 aliphatic carbocycles. The van der Waals surface area contributed by atoms with Crippen molar-refractivity contribution < 1.29 is 0 Å². The van der Waals surface area contributed by atoms with Crippen LogP contribution in [0.5, 0.6) is 0 Å². The van der Waals surface area contributed by atoms with Crippen LogP contribution in [0.25, 0.3) is 78.3 Å². The van der Waals surface area contributed by atoms with Crippen molar-refractivity contribution in [1.82, 2.24) is 19.9 Å². The van der Waals surface area contributed by atoms with E-state index in [2.05, 4.69) is 146 Å². The summed E-state index contributed by atoms with van der Waals surface area (Å²) in [5, 5.41) is 2.56. The Labute approximate surface area is 285 Å². The fraction of sp³-hybridized carbons (Fsp3) is 0.0667. The Bertz CT molecular complexity index is 2500. The van der Waals surface area contributed by atoms with Gasteiger partial charge in [-0.2, -0.15) is 0 Å². The molecule has 0 fully saturated rings. The lowest BCUT2D eigenvalue weighted by atomic mass is 9.81. The zero-order chi connectivity index (χ0) is 33.0. The van der Waals surface area contributed by atoms with Crippen molar-refractivity contribution in [3.63, 3.8) is 0 Å². The lowest BCUT2D eigenvalue weighted by Gasteiger charge is -2.21. The lowest BCUT2D eigenvalue weighted by molar-refractivity contribution is 0.661. The monoisotopic (exact) mass is 628 g/mol. The molecule has 0 bridgehead atoms. The van der Waals surface area contributed by atoms with Crippen LogP contribution in [0.2, 0.25) is 0 Å². The molecule has 1 aliphatic rings. The maximum absolute atomic E-state index is 5.04. The van der Waals surface area contributed by atoms with Crippen molar-refractivity contribution in [2.45, 2.75) is 19.3 Å². The van der Waals surface area contributed by atoms with E-state index in [4.69, 9.17) is 15.0 Å². The van der Waals surface area contributed by atoms with Crippen LogP contribution in [0.1, 0.15) is 25.0 Å². The summed E-state index contributed by atoms with van der Waals surface area (Å²) >= 11 is 0. The molecule has 0 saturated carbocycles. The molecule has 0 aliphatic heterocycles. The Morgan fingerprint density at radius 2 is 1.00 bits per heavy atom. The van der Waals surface area contributed by atoms with Crippen molar-refractivity contribution in [2.24, 2.45) is 0 Å². The molecule has 2 aromatic heterocycles. The Morgan fingerprint density at radius 3 is 1.78 bits per heavy atom. The van der Waals surface area contributed by atoms with Crippen molar-refractivity contribution in [1.29, 1.82) is 0 Å². The number of fused-ring (bicyclic) bond motifs is 5. The minimum absolute atomic E-state index is 0.0902. The van der Waals surface area contributed by atoms with Crippen LogP contribution in [0.3, 0.4) is 0 Å². The first-order valence-corrected chi connectivity index (χ1v) is 16.6. The summed E-state index contributed by atoms with van der Waals surface area (Å²) in [6, 6.07) is 51.3. The molecule has 2 heterocycles. The molecule has 0 saturated heterocycles. The summed E-state index contributed by atoms with van der Waals surface area (Å²) in [6.07, 6.45) is 3.54. The fourth-order valence-electron chi connectivity index (χ4n) is 7.32. The van der Waals surface area contributed by atoms with Crippen LogP contribution in [0, 0.1) is 0 Å². The van der Waals surface area contributed by atoms with Crippen molar-refractivity contribution >= 4 is 10.8 Å². The van der Waals surface area contributed by atoms with Crippen LogP contribution >= 0.6 is 0 Å². The van der Waals surface area contributed by atoms with Crippen LogP contribution in [0.15, 0.2) is 158 Å². The predicted octanol–water partition coefficient (Wildman–Crippen LogP) is 11.1. The topological polar surface area (TPSA) is 51.6 Å². The minimum Gasteiger partial charge on any atom is -0.265 e. The fourth-order valence-corrected chi connectivity index (χ4v) is 7.32. The second kappa shape index (κ2) is 11.5. The molecule has 232 valence electrons. The second-order valence-corrected chi connectivity index (χ2v) is 13.1. The molecule has 8 aromatic rings. The standard InChI is InChI=1S/C45H32N4/c1-45(2)38-17-9-16-37(40(38)41-36-15-7-6-12-30(36)22-23-39(41)45)31-18-20-32(21-19-31)42-47-43(33-24-26-46-27-25-33)49-44(48-42)35-14-8-13-34(28-35)29-10-4-3-5-11-29/h3-28H,1-2H3. The predicted molar refractivity (Wildman–Crippen MR) is 200 cm³/mol. The van der Waals surface area contributed by atoms with Crippen molar-refractivity contribution in [2.75, 3.05) is 0 Å². The number of benzene rings is 6. The van der Waals surface area contributed by atoms with Gasteiger partial charge in [0.2, 0.25) is 0 Å². The number of aromatic nitrogens is 4. The molecule has 0 atom stereocenters. The number of rotatable bonds is 5. The van der Waals surface area contributed by atoms with Crippen LogP contribution in [-0.4, -0.2) is 19.9 Å². The Hall–Kier alpha value is -6.26. The van der Waals surface area contributed by atoms with E-state index in [0.717, 1.165) is 33.4 Å². The van der Waals surface area contributed by atoms with Gasteiger partial charge in [0.15, 0.2) is 17.5 Å². The SMILES string of the molecule is CC1(C)c2cccc(-c3ccc(-c4nc(-c5ccncc5)nc(-c5cccc(-c6ccccc6)c5)n4)cc3)c2-c2c1ccc1ccccc21. The zero-order valence-electron chi connectivity index (χ0n) is 27.3. The molecular weight excluding hydrogens is 597 g/mol. The van der Waals surface area contributed by atoms with Gasteiger partial charge in [-0.05, 0) is 73.5 Å². The Morgan fingerprint density at radius 1 is 0.408 bits per heavy atom. The average Bonchev–Trinajstić information content (AvgIpc) is 3.42. The summed E-state index contributed by atoms with van der Waals surface area (Å²) in [5.41, 5.74) is 12.7. The van der Waals surface area contributed by atoms with Gasteiger partial charge in [-0.3, -0.25) is 4.98 Å².